The summed E-state index contributed by atoms with van der Waals surface area (Å²) >= 11 is 0. The Labute approximate surface area is 118 Å². The zero-order valence-electron chi connectivity index (χ0n) is 11.5. The number of nitrogens with zero attached hydrogens (tertiary/aromatic N) is 2. The second-order valence-electron chi connectivity index (χ2n) is 4.99. The number of sulfone groups is 1. The lowest BCUT2D eigenvalue weighted by Gasteiger charge is -2.22. The van der Waals surface area contributed by atoms with Crippen LogP contribution in [0.2, 0.25) is 0 Å². The molecular formula is C12H18N4O3S. The molecule has 0 spiro atoms. The average molecular weight is 298 g/mol. The minimum Gasteiger partial charge on any atom is -0.311 e. The van der Waals surface area contributed by atoms with Gasteiger partial charge >= 0.3 is 0 Å². The fourth-order valence-electron chi connectivity index (χ4n) is 2.18. The normalized spacial score (nSPS) is 21.4. The van der Waals surface area contributed by atoms with Gasteiger partial charge in [0, 0.05) is 30.4 Å². The van der Waals surface area contributed by atoms with Gasteiger partial charge in [0.05, 0.1) is 11.5 Å². The van der Waals surface area contributed by atoms with E-state index < -0.39 is 9.84 Å². The van der Waals surface area contributed by atoms with Crippen LogP contribution in [0.15, 0.2) is 6.07 Å². The van der Waals surface area contributed by atoms with Crippen molar-refractivity contribution in [3.05, 3.63) is 17.5 Å². The lowest BCUT2D eigenvalue weighted by atomic mass is 10.2. The Kier molecular flexibility index (Phi) is 4.34. The minimum atomic E-state index is -3.04. The first-order valence-electron chi connectivity index (χ1n) is 6.40. The third kappa shape index (κ3) is 4.24. The summed E-state index contributed by atoms with van der Waals surface area (Å²) in [5, 5.41) is 5.64. The zero-order valence-corrected chi connectivity index (χ0v) is 12.3. The van der Waals surface area contributed by atoms with Crippen molar-refractivity contribution in [3.8, 4) is 0 Å². The molecular weight excluding hydrogens is 280 g/mol. The molecule has 0 radical (unpaired) electrons. The standard InChI is InChI=1S/C12H18N4O3S/c1-8-5-9(2)15-12(14-8)16-11(17)6-10-7-20(18,19)4-3-13-10/h5,10,13H,3-4,6-7H2,1-2H3,(H,14,15,16,17). The van der Waals surface area contributed by atoms with Crippen LogP contribution in [0.3, 0.4) is 0 Å². The molecule has 20 heavy (non-hydrogen) atoms. The van der Waals surface area contributed by atoms with Crippen LogP contribution in [0.25, 0.3) is 0 Å². The number of aromatic nitrogens is 2. The van der Waals surface area contributed by atoms with Crippen molar-refractivity contribution in [1.82, 2.24) is 15.3 Å². The fourth-order valence-corrected chi connectivity index (χ4v) is 3.62. The van der Waals surface area contributed by atoms with Crippen molar-refractivity contribution in [1.29, 1.82) is 0 Å². The van der Waals surface area contributed by atoms with Crippen LogP contribution in [0, 0.1) is 13.8 Å². The number of amides is 1. The highest BCUT2D eigenvalue weighted by molar-refractivity contribution is 7.91. The smallest absolute Gasteiger partial charge is 0.229 e. The summed E-state index contributed by atoms with van der Waals surface area (Å²) in [5.41, 5.74) is 1.54. The number of carbonyl (C=O) groups is 1. The fraction of sp³-hybridized carbons (Fsp3) is 0.583. The Hall–Kier alpha value is -1.54. The van der Waals surface area contributed by atoms with Gasteiger partial charge in [-0.2, -0.15) is 0 Å². The van der Waals surface area contributed by atoms with E-state index >= 15 is 0 Å². The number of aryl methyl sites for hydroxylation is 2. The molecule has 7 nitrogen and oxygen atoms in total. The molecule has 0 bridgehead atoms. The molecule has 1 saturated heterocycles. The van der Waals surface area contributed by atoms with Crippen LogP contribution >= 0.6 is 0 Å². The van der Waals surface area contributed by atoms with Crippen LogP contribution in [0.1, 0.15) is 17.8 Å². The molecule has 1 unspecified atom stereocenters. The van der Waals surface area contributed by atoms with Gasteiger partial charge in [0.2, 0.25) is 11.9 Å². The summed E-state index contributed by atoms with van der Waals surface area (Å²) in [4.78, 5) is 20.1. The highest BCUT2D eigenvalue weighted by Gasteiger charge is 2.26. The van der Waals surface area contributed by atoms with Crippen molar-refractivity contribution >= 4 is 21.7 Å². The summed E-state index contributed by atoms with van der Waals surface area (Å²) in [5.74, 6) is 0.0927. The van der Waals surface area contributed by atoms with Crippen LogP contribution in [-0.2, 0) is 14.6 Å². The van der Waals surface area contributed by atoms with Crippen LogP contribution in [0.4, 0.5) is 5.95 Å². The SMILES string of the molecule is Cc1cc(C)nc(NC(=O)CC2CS(=O)(=O)CCN2)n1. The lowest BCUT2D eigenvalue weighted by molar-refractivity contribution is -0.116. The van der Waals surface area contributed by atoms with E-state index in [1.165, 1.54) is 0 Å². The molecule has 0 saturated carbocycles. The van der Waals surface area contributed by atoms with E-state index in [-0.39, 0.29) is 35.8 Å². The van der Waals surface area contributed by atoms with Crippen molar-refractivity contribution in [2.75, 3.05) is 23.4 Å². The largest absolute Gasteiger partial charge is 0.311 e. The molecule has 2 N–H and O–H groups in total. The Morgan fingerprint density at radius 2 is 2.05 bits per heavy atom. The monoisotopic (exact) mass is 298 g/mol. The maximum absolute atomic E-state index is 11.9. The minimum absolute atomic E-state index is 0.00583. The summed E-state index contributed by atoms with van der Waals surface area (Å²) < 4.78 is 23.0. The number of hydrogen-bond acceptors (Lipinski definition) is 6. The Morgan fingerprint density at radius 1 is 1.40 bits per heavy atom. The topological polar surface area (TPSA) is 101 Å². The van der Waals surface area contributed by atoms with Gasteiger partial charge in [-0.15, -0.1) is 0 Å². The molecule has 1 aromatic heterocycles. The first-order chi connectivity index (χ1) is 9.34. The van der Waals surface area contributed by atoms with Gasteiger partial charge in [-0.3, -0.25) is 10.1 Å². The van der Waals surface area contributed by atoms with Crippen molar-refractivity contribution < 1.29 is 13.2 Å². The number of nitrogens with one attached hydrogen (secondary N) is 2. The van der Waals surface area contributed by atoms with Gasteiger partial charge in [-0.1, -0.05) is 0 Å². The number of rotatable bonds is 3. The molecule has 0 aromatic carbocycles. The molecule has 110 valence electrons. The van der Waals surface area contributed by atoms with Gasteiger partial charge < -0.3 is 5.32 Å². The molecule has 1 fully saturated rings. The van der Waals surface area contributed by atoms with Crippen LogP contribution < -0.4 is 10.6 Å². The summed E-state index contributed by atoms with van der Waals surface area (Å²) in [6.07, 6.45) is 0.0928. The molecule has 1 aliphatic heterocycles. The van der Waals surface area contributed by atoms with Gasteiger partial charge in [0.15, 0.2) is 9.84 Å². The quantitative estimate of drug-likeness (QED) is 0.802. The van der Waals surface area contributed by atoms with E-state index in [1.54, 1.807) is 0 Å². The second-order valence-corrected chi connectivity index (χ2v) is 7.22. The Balaban J connectivity index is 1.95. The first kappa shape index (κ1) is 14.9. The van der Waals surface area contributed by atoms with Crippen LogP contribution in [-0.4, -0.2) is 48.4 Å². The number of hydrogen-bond donors (Lipinski definition) is 2. The van der Waals surface area contributed by atoms with E-state index in [9.17, 15) is 13.2 Å². The highest BCUT2D eigenvalue weighted by Crippen LogP contribution is 2.08. The third-order valence-corrected chi connectivity index (χ3v) is 4.70. The maximum atomic E-state index is 11.9. The van der Waals surface area contributed by atoms with Gasteiger partial charge in [-0.05, 0) is 19.9 Å². The lowest BCUT2D eigenvalue weighted by Crippen LogP contribution is -2.46. The summed E-state index contributed by atoms with van der Waals surface area (Å²) in [6.45, 7) is 4.03. The predicted molar refractivity (Wildman–Crippen MR) is 75.2 cm³/mol. The molecule has 2 rings (SSSR count). The maximum Gasteiger partial charge on any atom is 0.229 e. The summed E-state index contributed by atoms with van der Waals surface area (Å²) in [7, 11) is -3.04. The van der Waals surface area contributed by atoms with Gasteiger partial charge in [0.1, 0.15) is 0 Å². The second kappa shape index (κ2) is 5.84. The van der Waals surface area contributed by atoms with E-state index in [0.29, 0.717) is 6.54 Å². The van der Waals surface area contributed by atoms with Crippen molar-refractivity contribution in [2.45, 2.75) is 26.3 Å². The zero-order chi connectivity index (χ0) is 14.8. The number of carbonyl (C=O) groups excluding carboxylic acids is 1. The molecule has 1 aliphatic rings. The van der Waals surface area contributed by atoms with Crippen LogP contribution in [0.5, 0.6) is 0 Å². The Bertz CT molecular complexity index is 595. The molecule has 2 heterocycles. The Morgan fingerprint density at radius 3 is 2.65 bits per heavy atom. The first-order valence-corrected chi connectivity index (χ1v) is 8.22. The molecule has 1 amide bonds. The van der Waals surface area contributed by atoms with Gasteiger partial charge in [-0.25, -0.2) is 18.4 Å². The van der Waals surface area contributed by atoms with Gasteiger partial charge in [0.25, 0.3) is 0 Å². The molecule has 0 aliphatic carbocycles. The average Bonchev–Trinajstić information content (AvgIpc) is 2.25. The van der Waals surface area contributed by atoms with Crippen molar-refractivity contribution in [2.24, 2.45) is 0 Å². The highest BCUT2D eigenvalue weighted by atomic mass is 32.2. The summed E-state index contributed by atoms with van der Waals surface area (Å²) in [6, 6.07) is 1.46. The molecule has 1 atom stereocenters. The van der Waals surface area contributed by atoms with E-state index in [4.69, 9.17) is 0 Å². The predicted octanol–water partition coefficient (Wildman–Crippen LogP) is -0.191. The molecule has 8 heteroatoms. The molecule has 1 aromatic rings. The third-order valence-electron chi connectivity index (χ3n) is 2.97. The van der Waals surface area contributed by atoms with E-state index in [0.717, 1.165) is 11.4 Å². The van der Waals surface area contributed by atoms with E-state index in [2.05, 4.69) is 20.6 Å². The number of anilines is 1. The van der Waals surface area contributed by atoms with E-state index in [1.807, 2.05) is 19.9 Å². The van der Waals surface area contributed by atoms with Crippen molar-refractivity contribution in [3.63, 3.8) is 0 Å².